The number of hydrogen-bond donors (Lipinski definition) is 0. The van der Waals surface area contributed by atoms with E-state index >= 15 is 0 Å². The van der Waals surface area contributed by atoms with E-state index in [4.69, 9.17) is 4.74 Å². The molecule has 1 heterocycles. The van der Waals surface area contributed by atoms with Crippen molar-refractivity contribution < 1.29 is 4.74 Å². The molecule has 0 aromatic heterocycles. The fourth-order valence-corrected chi connectivity index (χ4v) is 3.43. The Bertz CT molecular complexity index is 889. The van der Waals surface area contributed by atoms with Gasteiger partial charge < -0.3 is 4.74 Å². The van der Waals surface area contributed by atoms with Gasteiger partial charge in [-0.25, -0.2) is 0 Å². The van der Waals surface area contributed by atoms with Crippen molar-refractivity contribution in [1.82, 2.24) is 0 Å². The van der Waals surface area contributed by atoms with Gasteiger partial charge in [-0.1, -0.05) is 78.4 Å². The fourth-order valence-electron chi connectivity index (χ4n) is 3.43. The van der Waals surface area contributed by atoms with Gasteiger partial charge in [0.25, 0.3) is 0 Å². The number of benzene rings is 3. The Kier molecular flexibility index (Phi) is 3.70. The molecule has 0 spiro atoms. The highest BCUT2D eigenvalue weighted by molar-refractivity contribution is 5.71. The lowest BCUT2D eigenvalue weighted by Crippen LogP contribution is -2.14. The van der Waals surface area contributed by atoms with Crippen molar-refractivity contribution in [3.63, 3.8) is 0 Å². The van der Waals surface area contributed by atoms with Gasteiger partial charge in [0.2, 0.25) is 0 Å². The van der Waals surface area contributed by atoms with E-state index in [0.29, 0.717) is 0 Å². The summed E-state index contributed by atoms with van der Waals surface area (Å²) >= 11 is 0. The lowest BCUT2D eigenvalue weighted by atomic mass is 9.82. The van der Waals surface area contributed by atoms with Crippen LogP contribution in [-0.4, -0.2) is 0 Å². The van der Waals surface area contributed by atoms with Gasteiger partial charge in [-0.2, -0.15) is 0 Å². The fraction of sp³-hybridized carbons (Fsp3) is 0.130. The van der Waals surface area contributed by atoms with Crippen LogP contribution in [0.4, 0.5) is 0 Å². The summed E-state index contributed by atoms with van der Waals surface area (Å²) in [7, 11) is 0. The maximum absolute atomic E-state index is 6.29. The average Bonchev–Trinajstić information content (AvgIpc) is 2.63. The molecule has 0 aliphatic carbocycles. The monoisotopic (exact) mass is 312 g/mol. The molecule has 118 valence electrons. The smallest absolute Gasteiger partial charge is 0.134 e. The predicted molar refractivity (Wildman–Crippen MR) is 99.1 cm³/mol. The second-order valence-electron chi connectivity index (χ2n) is 6.36. The van der Waals surface area contributed by atoms with E-state index in [1.54, 1.807) is 0 Å². The molecule has 0 N–H and O–H groups in total. The molecule has 1 nitrogen and oxygen atoms in total. The molecule has 1 aliphatic heterocycles. The van der Waals surface area contributed by atoms with Crippen LogP contribution in [0.3, 0.4) is 0 Å². The molecule has 0 amide bonds. The van der Waals surface area contributed by atoms with E-state index in [-0.39, 0.29) is 5.92 Å². The van der Waals surface area contributed by atoms with Crippen molar-refractivity contribution >= 4 is 5.76 Å². The van der Waals surface area contributed by atoms with Gasteiger partial charge in [-0.05, 0) is 31.1 Å². The molecule has 4 rings (SSSR count). The summed E-state index contributed by atoms with van der Waals surface area (Å²) < 4.78 is 6.29. The molecule has 0 saturated heterocycles. The number of hydrogen-bond acceptors (Lipinski definition) is 1. The lowest BCUT2D eigenvalue weighted by molar-refractivity contribution is 0.484. The Morgan fingerprint density at radius 3 is 2.12 bits per heavy atom. The Morgan fingerprint density at radius 2 is 1.38 bits per heavy atom. The molecule has 1 heteroatoms. The molecule has 0 radical (unpaired) electrons. The summed E-state index contributed by atoms with van der Waals surface area (Å²) in [6, 6.07) is 27.6. The van der Waals surface area contributed by atoms with Crippen LogP contribution in [0.15, 0.2) is 84.4 Å². The van der Waals surface area contributed by atoms with E-state index < -0.39 is 0 Å². The summed E-state index contributed by atoms with van der Waals surface area (Å²) in [6.07, 6.45) is 0. The van der Waals surface area contributed by atoms with Crippen LogP contribution in [0.1, 0.15) is 35.1 Å². The molecule has 1 aliphatic rings. The highest BCUT2D eigenvalue weighted by Crippen LogP contribution is 2.45. The predicted octanol–water partition coefficient (Wildman–Crippen LogP) is 5.95. The van der Waals surface area contributed by atoms with Crippen molar-refractivity contribution in [3.8, 4) is 5.75 Å². The van der Waals surface area contributed by atoms with Gasteiger partial charge in [0.1, 0.15) is 11.5 Å². The number of para-hydroxylation sites is 1. The zero-order chi connectivity index (χ0) is 16.5. The Labute approximate surface area is 143 Å². The third-order valence-electron chi connectivity index (χ3n) is 4.68. The third-order valence-corrected chi connectivity index (χ3v) is 4.68. The van der Waals surface area contributed by atoms with Crippen molar-refractivity contribution in [2.24, 2.45) is 0 Å². The van der Waals surface area contributed by atoms with Crippen molar-refractivity contribution in [2.75, 3.05) is 0 Å². The zero-order valence-corrected chi connectivity index (χ0v) is 14.0. The van der Waals surface area contributed by atoms with E-state index in [1.165, 1.54) is 22.3 Å². The van der Waals surface area contributed by atoms with Crippen molar-refractivity contribution in [2.45, 2.75) is 19.8 Å². The first-order valence-electron chi connectivity index (χ1n) is 8.33. The summed E-state index contributed by atoms with van der Waals surface area (Å²) in [5, 5.41) is 0. The van der Waals surface area contributed by atoms with E-state index in [1.807, 2.05) is 12.1 Å². The van der Waals surface area contributed by atoms with Crippen LogP contribution < -0.4 is 4.74 Å². The summed E-state index contributed by atoms with van der Waals surface area (Å²) in [5.74, 6) is 2.15. The molecule has 3 aromatic carbocycles. The third kappa shape index (κ3) is 2.52. The molecular weight excluding hydrogens is 292 g/mol. The number of rotatable bonds is 2. The number of fused-ring (bicyclic) bond motifs is 1. The van der Waals surface area contributed by atoms with Crippen LogP contribution in [0.25, 0.3) is 5.76 Å². The average molecular weight is 312 g/mol. The molecule has 1 atom stereocenters. The maximum atomic E-state index is 6.29. The molecular formula is C23H20O. The van der Waals surface area contributed by atoms with Gasteiger partial charge in [0, 0.05) is 17.0 Å². The largest absolute Gasteiger partial charge is 0.456 e. The number of ether oxygens (including phenoxy) is 1. The summed E-state index contributed by atoms with van der Waals surface area (Å²) in [6.45, 7) is 4.31. The van der Waals surface area contributed by atoms with Gasteiger partial charge in [0.15, 0.2) is 0 Å². The van der Waals surface area contributed by atoms with Crippen LogP contribution in [0.5, 0.6) is 5.75 Å². The molecule has 0 bridgehead atoms. The van der Waals surface area contributed by atoms with Gasteiger partial charge in [-0.15, -0.1) is 0 Å². The first-order chi connectivity index (χ1) is 11.7. The normalized spacial score (nSPS) is 16.5. The van der Waals surface area contributed by atoms with E-state index in [9.17, 15) is 0 Å². The number of allylic oxidation sites excluding steroid dienone is 1. The Hall–Kier alpha value is -2.80. The summed E-state index contributed by atoms with van der Waals surface area (Å²) in [5.41, 5.74) is 6.20. The van der Waals surface area contributed by atoms with Gasteiger partial charge >= 0.3 is 0 Å². The van der Waals surface area contributed by atoms with E-state index in [0.717, 1.165) is 17.1 Å². The second kappa shape index (κ2) is 6.01. The van der Waals surface area contributed by atoms with Crippen LogP contribution in [0, 0.1) is 6.92 Å². The first-order valence-corrected chi connectivity index (χ1v) is 8.33. The summed E-state index contributed by atoms with van der Waals surface area (Å²) in [4.78, 5) is 0. The SMILES string of the molecule is CC1=C(c2ccccc2)Oc2ccccc2[C@@H]1c1ccc(C)cc1. The highest BCUT2D eigenvalue weighted by Gasteiger charge is 2.28. The first kappa shape index (κ1) is 14.8. The molecule has 0 unspecified atom stereocenters. The standard InChI is InChI=1S/C23H20O/c1-16-12-14-18(15-13-16)22-17(2)23(19-8-4-3-5-9-19)24-21-11-7-6-10-20(21)22/h3-15,22H,1-2H3/t22-/m0/s1. The molecule has 3 aromatic rings. The van der Waals surface area contributed by atoms with Crippen LogP contribution in [0.2, 0.25) is 0 Å². The second-order valence-corrected chi connectivity index (χ2v) is 6.36. The lowest BCUT2D eigenvalue weighted by Gasteiger charge is -2.30. The van der Waals surface area contributed by atoms with Crippen LogP contribution in [-0.2, 0) is 0 Å². The van der Waals surface area contributed by atoms with Crippen LogP contribution >= 0.6 is 0 Å². The molecule has 0 saturated carbocycles. The quantitative estimate of drug-likeness (QED) is 0.568. The minimum absolute atomic E-state index is 0.228. The Balaban J connectivity index is 1.91. The highest BCUT2D eigenvalue weighted by atomic mass is 16.5. The van der Waals surface area contributed by atoms with Crippen molar-refractivity contribution in [1.29, 1.82) is 0 Å². The molecule has 24 heavy (non-hydrogen) atoms. The topological polar surface area (TPSA) is 9.23 Å². The van der Waals surface area contributed by atoms with E-state index in [2.05, 4.69) is 80.6 Å². The zero-order valence-electron chi connectivity index (χ0n) is 14.0. The Morgan fingerprint density at radius 1 is 0.708 bits per heavy atom. The minimum atomic E-state index is 0.228. The van der Waals surface area contributed by atoms with Gasteiger partial charge in [0.05, 0.1) is 0 Å². The molecule has 0 fully saturated rings. The van der Waals surface area contributed by atoms with Crippen molar-refractivity contribution in [3.05, 3.63) is 107 Å². The maximum Gasteiger partial charge on any atom is 0.134 e. The van der Waals surface area contributed by atoms with Gasteiger partial charge in [-0.3, -0.25) is 0 Å². The number of aryl methyl sites for hydroxylation is 1. The minimum Gasteiger partial charge on any atom is -0.456 e.